The lowest BCUT2D eigenvalue weighted by Crippen LogP contribution is -3.00. The van der Waals surface area contributed by atoms with Crippen molar-refractivity contribution in [2.75, 3.05) is 27.2 Å². The summed E-state index contributed by atoms with van der Waals surface area (Å²) in [5.41, 5.74) is -0.775. The number of hydrogen-bond donors (Lipinski definition) is 2. The van der Waals surface area contributed by atoms with Crippen molar-refractivity contribution in [3.8, 4) is 0 Å². The van der Waals surface area contributed by atoms with Gasteiger partial charge in [0.15, 0.2) is 5.72 Å². The number of quaternary nitrogens is 1. The molecule has 70 valence electrons. The Kier molecular flexibility index (Phi) is 5.32. The first-order valence-corrected chi connectivity index (χ1v) is 3.47. The average molecular weight is 184 g/mol. The molecule has 0 aromatic heterocycles. The van der Waals surface area contributed by atoms with E-state index < -0.39 is 5.72 Å². The smallest absolute Gasteiger partial charge is 0.194 e. The van der Waals surface area contributed by atoms with E-state index in [-0.39, 0.29) is 19.0 Å². The van der Waals surface area contributed by atoms with E-state index in [9.17, 15) is 5.11 Å². The molecule has 0 heterocycles. The molecule has 0 amide bonds. The van der Waals surface area contributed by atoms with Gasteiger partial charge in [-0.3, -0.25) is 4.48 Å². The topological polar surface area (TPSA) is 40.5 Å². The molecule has 0 saturated carbocycles. The summed E-state index contributed by atoms with van der Waals surface area (Å²) in [6.45, 7) is 4.16. The minimum atomic E-state index is -0.775. The Morgan fingerprint density at radius 2 is 1.64 bits per heavy atom. The summed E-state index contributed by atoms with van der Waals surface area (Å²) in [7, 11) is 3.77. The molecule has 0 fully saturated rings. The Morgan fingerprint density at radius 3 is 1.73 bits per heavy atom. The van der Waals surface area contributed by atoms with Gasteiger partial charge in [0.1, 0.15) is 6.54 Å². The standard InChI is InChI=1S/C7H18NO2.ClH/c1-7(2,10)8(3,4)5-6-9;/h9-10H,5-6H2,1-4H3;1H/q+1;/p-1. The molecular weight excluding hydrogens is 166 g/mol. The van der Waals surface area contributed by atoms with Crippen LogP contribution in [0.15, 0.2) is 0 Å². The fourth-order valence-electron chi connectivity index (χ4n) is 0.524. The molecule has 0 radical (unpaired) electrons. The Labute approximate surface area is 74.6 Å². The largest absolute Gasteiger partial charge is 1.00 e. The lowest BCUT2D eigenvalue weighted by Gasteiger charge is -2.39. The van der Waals surface area contributed by atoms with Crippen LogP contribution in [-0.4, -0.2) is 47.7 Å². The van der Waals surface area contributed by atoms with E-state index in [1.807, 2.05) is 14.1 Å². The van der Waals surface area contributed by atoms with Gasteiger partial charge < -0.3 is 22.6 Å². The summed E-state index contributed by atoms with van der Waals surface area (Å²) >= 11 is 0. The van der Waals surface area contributed by atoms with Gasteiger partial charge in [-0.15, -0.1) is 0 Å². The molecule has 0 aromatic rings. The first-order valence-electron chi connectivity index (χ1n) is 3.47. The number of rotatable bonds is 3. The molecule has 0 spiro atoms. The highest BCUT2D eigenvalue weighted by Crippen LogP contribution is 2.14. The highest BCUT2D eigenvalue weighted by molar-refractivity contribution is 4.49. The summed E-state index contributed by atoms with van der Waals surface area (Å²) in [6.07, 6.45) is 0. The van der Waals surface area contributed by atoms with Crippen molar-refractivity contribution in [1.29, 1.82) is 0 Å². The average Bonchev–Trinajstić information content (AvgIpc) is 1.61. The Hall–Kier alpha value is 0.170. The van der Waals surface area contributed by atoms with E-state index in [0.29, 0.717) is 11.0 Å². The summed E-state index contributed by atoms with van der Waals surface area (Å²) in [4.78, 5) is 0. The second-order valence-electron chi connectivity index (χ2n) is 3.63. The van der Waals surface area contributed by atoms with Gasteiger partial charge in [-0.2, -0.15) is 0 Å². The number of hydrogen-bond acceptors (Lipinski definition) is 2. The second-order valence-corrected chi connectivity index (χ2v) is 3.63. The van der Waals surface area contributed by atoms with E-state index >= 15 is 0 Å². The highest BCUT2D eigenvalue weighted by atomic mass is 35.5. The van der Waals surface area contributed by atoms with Crippen molar-refractivity contribution in [2.24, 2.45) is 0 Å². The molecule has 4 heteroatoms. The molecule has 0 bridgehead atoms. The molecule has 0 atom stereocenters. The maximum absolute atomic E-state index is 9.54. The number of aliphatic hydroxyl groups is 2. The van der Waals surface area contributed by atoms with Crippen molar-refractivity contribution in [2.45, 2.75) is 19.6 Å². The third-order valence-electron chi connectivity index (χ3n) is 2.14. The minimum absolute atomic E-state index is 0. The Morgan fingerprint density at radius 1 is 1.27 bits per heavy atom. The second kappa shape index (κ2) is 4.26. The van der Waals surface area contributed by atoms with Gasteiger partial charge in [-0.05, 0) is 0 Å². The van der Waals surface area contributed by atoms with Crippen molar-refractivity contribution in [1.82, 2.24) is 0 Å². The van der Waals surface area contributed by atoms with E-state index in [1.165, 1.54) is 0 Å². The van der Waals surface area contributed by atoms with Crippen LogP contribution in [0.1, 0.15) is 13.8 Å². The highest BCUT2D eigenvalue weighted by Gasteiger charge is 2.32. The van der Waals surface area contributed by atoms with Gasteiger partial charge in [-0.25, -0.2) is 0 Å². The van der Waals surface area contributed by atoms with Crippen LogP contribution in [-0.2, 0) is 0 Å². The molecule has 0 aliphatic heterocycles. The van der Waals surface area contributed by atoms with Crippen molar-refractivity contribution in [3.05, 3.63) is 0 Å². The van der Waals surface area contributed by atoms with Gasteiger partial charge in [0.2, 0.25) is 0 Å². The van der Waals surface area contributed by atoms with E-state index in [4.69, 9.17) is 5.11 Å². The number of halogens is 1. The van der Waals surface area contributed by atoms with Gasteiger partial charge >= 0.3 is 0 Å². The van der Waals surface area contributed by atoms with E-state index in [2.05, 4.69) is 0 Å². The number of likely N-dealkylation sites (N-methyl/N-ethyl adjacent to an activating group) is 1. The predicted molar refractivity (Wildman–Crippen MR) is 40.4 cm³/mol. The molecule has 3 nitrogen and oxygen atoms in total. The predicted octanol–water partition coefficient (Wildman–Crippen LogP) is -3.21. The van der Waals surface area contributed by atoms with Gasteiger partial charge in [0, 0.05) is 13.8 Å². The monoisotopic (exact) mass is 183 g/mol. The molecule has 0 aliphatic rings. The lowest BCUT2D eigenvalue weighted by atomic mass is 10.2. The Balaban J connectivity index is 0. The number of nitrogens with zero attached hydrogens (tertiary/aromatic N) is 1. The molecule has 0 rings (SSSR count). The van der Waals surface area contributed by atoms with Gasteiger partial charge in [-0.1, -0.05) is 0 Å². The molecule has 11 heavy (non-hydrogen) atoms. The van der Waals surface area contributed by atoms with E-state index in [1.54, 1.807) is 13.8 Å². The first kappa shape index (κ1) is 13.7. The van der Waals surface area contributed by atoms with Crippen LogP contribution in [0.3, 0.4) is 0 Å². The van der Waals surface area contributed by atoms with E-state index in [0.717, 1.165) is 0 Å². The van der Waals surface area contributed by atoms with Crippen LogP contribution in [0.5, 0.6) is 0 Å². The normalized spacial score (nSPS) is 12.5. The van der Waals surface area contributed by atoms with Crippen LogP contribution in [0.25, 0.3) is 0 Å². The van der Waals surface area contributed by atoms with Crippen LogP contribution >= 0.6 is 0 Å². The molecule has 2 N–H and O–H groups in total. The zero-order valence-electron chi connectivity index (χ0n) is 7.63. The third-order valence-corrected chi connectivity index (χ3v) is 2.14. The van der Waals surface area contributed by atoms with Crippen LogP contribution in [0.4, 0.5) is 0 Å². The van der Waals surface area contributed by atoms with Crippen LogP contribution in [0.2, 0.25) is 0 Å². The van der Waals surface area contributed by atoms with Crippen LogP contribution < -0.4 is 12.4 Å². The Bertz CT molecular complexity index is 109. The van der Waals surface area contributed by atoms with Crippen molar-refractivity contribution in [3.63, 3.8) is 0 Å². The molecule has 0 aromatic carbocycles. The zero-order chi connectivity index (χ0) is 8.41. The third kappa shape index (κ3) is 3.91. The SMILES string of the molecule is CC(C)(O)[N+](C)(C)CCO.[Cl-]. The molecule has 0 aliphatic carbocycles. The van der Waals surface area contributed by atoms with Crippen molar-refractivity contribution >= 4 is 0 Å². The fraction of sp³-hybridized carbons (Fsp3) is 1.00. The maximum atomic E-state index is 9.54. The van der Waals surface area contributed by atoms with Crippen LogP contribution in [0, 0.1) is 0 Å². The first-order chi connectivity index (χ1) is 4.31. The molecular formula is C7H18ClNO2. The maximum Gasteiger partial charge on any atom is 0.194 e. The van der Waals surface area contributed by atoms with Crippen molar-refractivity contribution < 1.29 is 27.1 Å². The molecule has 0 saturated heterocycles. The summed E-state index contributed by atoms with van der Waals surface area (Å²) in [6, 6.07) is 0. The van der Waals surface area contributed by atoms with Gasteiger partial charge in [0.05, 0.1) is 20.7 Å². The lowest BCUT2D eigenvalue weighted by molar-refractivity contribution is -0.962. The number of aliphatic hydroxyl groups excluding tert-OH is 1. The fourth-order valence-corrected chi connectivity index (χ4v) is 0.524. The summed E-state index contributed by atoms with van der Waals surface area (Å²) < 4.78 is 0.420. The van der Waals surface area contributed by atoms with Gasteiger partial charge in [0.25, 0.3) is 0 Å². The summed E-state index contributed by atoms with van der Waals surface area (Å²) in [5, 5.41) is 18.2. The quantitative estimate of drug-likeness (QED) is 0.357. The zero-order valence-corrected chi connectivity index (χ0v) is 8.39. The summed E-state index contributed by atoms with van der Waals surface area (Å²) in [5.74, 6) is 0. The minimum Gasteiger partial charge on any atom is -1.00 e. The molecule has 0 unspecified atom stereocenters.